The number of hydrogen-bond donors (Lipinski definition) is 1. The van der Waals surface area contributed by atoms with Gasteiger partial charge in [0.25, 0.3) is 5.91 Å². The normalized spacial score (nSPS) is 21.7. The van der Waals surface area contributed by atoms with Gasteiger partial charge in [-0.1, -0.05) is 0 Å². The van der Waals surface area contributed by atoms with Gasteiger partial charge in [0.1, 0.15) is 5.76 Å². The number of piperazine rings is 1. The third-order valence-electron chi connectivity index (χ3n) is 4.26. The minimum atomic E-state index is -0.0845. The molecule has 1 fully saturated rings. The monoisotopic (exact) mass is 312 g/mol. The van der Waals surface area contributed by atoms with E-state index in [-0.39, 0.29) is 30.1 Å². The molecule has 1 aromatic heterocycles. The van der Waals surface area contributed by atoms with Gasteiger partial charge < -0.3 is 14.6 Å². The van der Waals surface area contributed by atoms with Gasteiger partial charge >= 0.3 is 0 Å². The first-order valence-electron chi connectivity index (χ1n) is 7.26. The summed E-state index contributed by atoms with van der Waals surface area (Å²) in [6.07, 6.45) is 2.13. The minimum absolute atomic E-state index is 0. The maximum atomic E-state index is 12.6. The van der Waals surface area contributed by atoms with Crippen LogP contribution in [0.5, 0.6) is 0 Å². The van der Waals surface area contributed by atoms with E-state index < -0.39 is 0 Å². The third-order valence-corrected chi connectivity index (χ3v) is 4.26. The molecule has 1 N–H and O–H groups in total. The Balaban J connectivity index is 0.00000161. The molecule has 0 saturated carbocycles. The largest absolute Gasteiger partial charge is 0.455 e. The van der Waals surface area contributed by atoms with E-state index in [0.717, 1.165) is 31.5 Å². The van der Waals surface area contributed by atoms with Crippen LogP contribution in [0.2, 0.25) is 0 Å². The molecule has 0 spiro atoms. The molecular formula is C15H21ClN2O3. The maximum Gasteiger partial charge on any atom is 0.290 e. The summed E-state index contributed by atoms with van der Waals surface area (Å²) in [7, 11) is 0. The van der Waals surface area contributed by atoms with Crippen LogP contribution in [0.1, 0.15) is 52.0 Å². The molecule has 0 radical (unpaired) electrons. The van der Waals surface area contributed by atoms with Crippen molar-refractivity contribution >= 4 is 24.1 Å². The van der Waals surface area contributed by atoms with E-state index in [2.05, 4.69) is 5.32 Å². The molecular weight excluding hydrogens is 292 g/mol. The number of rotatable bonds is 1. The Morgan fingerprint density at radius 1 is 1.38 bits per heavy atom. The van der Waals surface area contributed by atoms with Crippen molar-refractivity contribution < 1.29 is 14.0 Å². The Hall–Kier alpha value is -1.33. The zero-order valence-corrected chi connectivity index (χ0v) is 13.2. The number of nitrogens with zero attached hydrogens (tertiary/aromatic N) is 1. The maximum absolute atomic E-state index is 12.6. The van der Waals surface area contributed by atoms with E-state index in [9.17, 15) is 9.59 Å². The van der Waals surface area contributed by atoms with Gasteiger partial charge in [-0.2, -0.15) is 0 Å². The highest BCUT2D eigenvalue weighted by molar-refractivity contribution is 6.03. The summed E-state index contributed by atoms with van der Waals surface area (Å²) in [6.45, 7) is 6.12. The van der Waals surface area contributed by atoms with Crippen LogP contribution in [0.3, 0.4) is 0 Å². The zero-order chi connectivity index (χ0) is 14.3. The second kappa shape index (κ2) is 6.20. The summed E-state index contributed by atoms with van der Waals surface area (Å²) in [4.78, 5) is 26.5. The van der Waals surface area contributed by atoms with Crippen molar-refractivity contribution in [2.45, 2.75) is 39.2 Å². The molecule has 1 aliphatic carbocycles. The second-order valence-corrected chi connectivity index (χ2v) is 5.68. The lowest BCUT2D eigenvalue weighted by Gasteiger charge is -2.33. The fourth-order valence-corrected chi connectivity index (χ4v) is 3.13. The van der Waals surface area contributed by atoms with Gasteiger partial charge in [0.05, 0.1) is 5.56 Å². The standard InChI is InChI=1S/C15H20N2O3.ClH/c1-9-8-16-6-7-17(9)15(19)14-10(2)13-11(18)4-3-5-12(13)20-14;/h9,16H,3-8H2,1-2H3;1H/t9-;/m0./s1. The molecule has 1 aliphatic heterocycles. The summed E-state index contributed by atoms with van der Waals surface area (Å²) < 4.78 is 5.74. The lowest BCUT2D eigenvalue weighted by atomic mass is 9.94. The SMILES string of the molecule is Cc1c(C(=O)N2CCNC[C@@H]2C)oc2c1C(=O)CCC2.Cl. The Morgan fingerprint density at radius 2 is 2.14 bits per heavy atom. The predicted octanol–water partition coefficient (Wildman–Crippen LogP) is 1.96. The summed E-state index contributed by atoms with van der Waals surface area (Å²) in [6, 6.07) is 0.147. The molecule has 116 valence electrons. The van der Waals surface area contributed by atoms with Crippen LogP contribution < -0.4 is 5.32 Å². The third kappa shape index (κ3) is 2.72. The van der Waals surface area contributed by atoms with Crippen LogP contribution >= 0.6 is 12.4 Å². The minimum Gasteiger partial charge on any atom is -0.455 e. The number of hydrogen-bond acceptors (Lipinski definition) is 4. The molecule has 2 heterocycles. The Kier molecular flexibility index (Phi) is 4.74. The molecule has 1 aromatic rings. The Morgan fingerprint density at radius 3 is 2.81 bits per heavy atom. The fourth-order valence-electron chi connectivity index (χ4n) is 3.13. The first-order chi connectivity index (χ1) is 9.59. The lowest BCUT2D eigenvalue weighted by molar-refractivity contribution is 0.0619. The smallest absolute Gasteiger partial charge is 0.290 e. The summed E-state index contributed by atoms with van der Waals surface area (Å²) >= 11 is 0. The Labute approximate surface area is 130 Å². The fraction of sp³-hybridized carbons (Fsp3) is 0.600. The molecule has 1 saturated heterocycles. The van der Waals surface area contributed by atoms with Gasteiger partial charge in [0.2, 0.25) is 0 Å². The molecule has 2 aliphatic rings. The van der Waals surface area contributed by atoms with Gasteiger partial charge in [-0.15, -0.1) is 12.4 Å². The van der Waals surface area contributed by atoms with Gasteiger partial charge in [-0.3, -0.25) is 9.59 Å². The predicted molar refractivity (Wildman–Crippen MR) is 81.3 cm³/mol. The van der Waals surface area contributed by atoms with Crippen molar-refractivity contribution in [1.29, 1.82) is 0 Å². The van der Waals surface area contributed by atoms with E-state index in [4.69, 9.17) is 4.42 Å². The number of aryl methyl sites for hydroxylation is 1. The number of furan rings is 1. The number of halogens is 1. The topological polar surface area (TPSA) is 62.6 Å². The number of Topliss-reactive ketones (excluding diaryl/α,β-unsaturated/α-hetero) is 1. The number of ketones is 1. The van der Waals surface area contributed by atoms with E-state index in [0.29, 0.717) is 30.0 Å². The van der Waals surface area contributed by atoms with Crippen molar-refractivity contribution in [1.82, 2.24) is 10.2 Å². The zero-order valence-electron chi connectivity index (χ0n) is 12.4. The molecule has 0 bridgehead atoms. The van der Waals surface area contributed by atoms with E-state index in [1.54, 1.807) is 0 Å². The molecule has 0 unspecified atom stereocenters. The molecule has 5 nitrogen and oxygen atoms in total. The van der Waals surface area contributed by atoms with E-state index >= 15 is 0 Å². The van der Waals surface area contributed by atoms with E-state index in [1.165, 1.54) is 0 Å². The number of nitrogens with one attached hydrogen (secondary N) is 1. The highest BCUT2D eigenvalue weighted by atomic mass is 35.5. The van der Waals surface area contributed by atoms with Crippen molar-refractivity contribution in [2.24, 2.45) is 0 Å². The average molecular weight is 313 g/mol. The molecule has 1 amide bonds. The van der Waals surface area contributed by atoms with Crippen LogP contribution in [0, 0.1) is 6.92 Å². The number of amides is 1. The first-order valence-corrected chi connectivity index (χ1v) is 7.26. The summed E-state index contributed by atoms with van der Waals surface area (Å²) in [5.41, 5.74) is 1.38. The van der Waals surface area contributed by atoms with Crippen LogP contribution in [0.4, 0.5) is 0 Å². The average Bonchev–Trinajstić information content (AvgIpc) is 2.77. The molecule has 6 heteroatoms. The van der Waals surface area contributed by atoms with Crippen LogP contribution in [-0.4, -0.2) is 42.3 Å². The van der Waals surface area contributed by atoms with Crippen LogP contribution in [0.25, 0.3) is 0 Å². The molecule has 0 aromatic carbocycles. The van der Waals surface area contributed by atoms with Gasteiger partial charge in [-0.05, 0) is 20.3 Å². The highest BCUT2D eigenvalue weighted by Gasteiger charge is 2.32. The van der Waals surface area contributed by atoms with Gasteiger partial charge in [-0.25, -0.2) is 0 Å². The van der Waals surface area contributed by atoms with Crippen LogP contribution in [-0.2, 0) is 6.42 Å². The molecule has 21 heavy (non-hydrogen) atoms. The van der Waals surface area contributed by atoms with E-state index in [1.807, 2.05) is 18.7 Å². The first kappa shape index (κ1) is 16.0. The number of fused-ring (bicyclic) bond motifs is 1. The van der Waals surface area contributed by atoms with Crippen molar-refractivity contribution in [3.63, 3.8) is 0 Å². The number of carbonyl (C=O) groups is 2. The van der Waals surface area contributed by atoms with Crippen molar-refractivity contribution in [3.05, 3.63) is 22.6 Å². The molecule has 1 atom stereocenters. The van der Waals surface area contributed by atoms with Crippen molar-refractivity contribution in [2.75, 3.05) is 19.6 Å². The molecule has 3 rings (SSSR count). The van der Waals surface area contributed by atoms with Gasteiger partial charge in [0.15, 0.2) is 11.5 Å². The second-order valence-electron chi connectivity index (χ2n) is 5.68. The summed E-state index contributed by atoms with van der Waals surface area (Å²) in [5.74, 6) is 1.09. The number of carbonyl (C=O) groups excluding carboxylic acids is 2. The highest BCUT2D eigenvalue weighted by Crippen LogP contribution is 2.30. The Bertz CT molecular complexity index is 568. The quantitative estimate of drug-likeness (QED) is 0.861. The van der Waals surface area contributed by atoms with Gasteiger partial charge in [0, 0.05) is 44.1 Å². The summed E-state index contributed by atoms with van der Waals surface area (Å²) in [5, 5.41) is 3.26. The van der Waals surface area contributed by atoms with Crippen molar-refractivity contribution in [3.8, 4) is 0 Å². The lowest BCUT2D eigenvalue weighted by Crippen LogP contribution is -2.52. The van der Waals surface area contributed by atoms with Crippen LogP contribution in [0.15, 0.2) is 4.42 Å².